The first kappa shape index (κ1) is 19.2. The number of thiazole rings is 1. The van der Waals surface area contributed by atoms with Gasteiger partial charge in [0.25, 0.3) is 17.7 Å². The zero-order valence-electron chi connectivity index (χ0n) is 16.0. The standard InChI is InChI=1S/C21H19N3O4S/c1-12-22-17-7-5-14(11-18(17)29-12)23-19(25)13-4-6-15-16(10-13)21(27)24(20(15)26)8-3-9-28-2/h4-7,10-11H,3,8-9H2,1-2H3,(H,23,25). The van der Waals surface area contributed by atoms with E-state index < -0.39 is 0 Å². The summed E-state index contributed by atoms with van der Waals surface area (Å²) in [7, 11) is 1.57. The van der Waals surface area contributed by atoms with Gasteiger partial charge in [-0.2, -0.15) is 0 Å². The largest absolute Gasteiger partial charge is 0.385 e. The number of nitrogens with one attached hydrogen (secondary N) is 1. The molecule has 7 nitrogen and oxygen atoms in total. The number of benzene rings is 2. The molecule has 3 aromatic rings. The van der Waals surface area contributed by atoms with Crippen molar-refractivity contribution >= 4 is 45.0 Å². The highest BCUT2D eigenvalue weighted by atomic mass is 32.1. The molecule has 0 aliphatic carbocycles. The van der Waals surface area contributed by atoms with Crippen molar-refractivity contribution in [3.05, 3.63) is 58.1 Å². The maximum absolute atomic E-state index is 12.7. The normalized spacial score (nSPS) is 13.2. The number of imide groups is 1. The van der Waals surface area contributed by atoms with Crippen LogP contribution in [0, 0.1) is 6.92 Å². The zero-order chi connectivity index (χ0) is 20.5. The molecule has 0 bridgehead atoms. The molecule has 1 aliphatic rings. The molecule has 0 unspecified atom stereocenters. The molecule has 0 fully saturated rings. The maximum Gasteiger partial charge on any atom is 0.261 e. The zero-order valence-corrected chi connectivity index (χ0v) is 16.8. The fraction of sp³-hybridized carbons (Fsp3) is 0.238. The fourth-order valence-corrected chi connectivity index (χ4v) is 4.19. The summed E-state index contributed by atoms with van der Waals surface area (Å²) in [6.07, 6.45) is 0.564. The Morgan fingerprint density at radius 2 is 1.93 bits per heavy atom. The number of aromatic nitrogens is 1. The van der Waals surface area contributed by atoms with E-state index in [1.807, 2.05) is 19.1 Å². The maximum atomic E-state index is 12.7. The van der Waals surface area contributed by atoms with Gasteiger partial charge in [-0.1, -0.05) is 0 Å². The van der Waals surface area contributed by atoms with Gasteiger partial charge < -0.3 is 10.1 Å². The molecule has 3 amide bonds. The lowest BCUT2D eigenvalue weighted by atomic mass is 10.1. The average Bonchev–Trinajstić information content (AvgIpc) is 3.19. The topological polar surface area (TPSA) is 88.6 Å². The van der Waals surface area contributed by atoms with Crippen LogP contribution in [0.2, 0.25) is 0 Å². The van der Waals surface area contributed by atoms with Crippen molar-refractivity contribution < 1.29 is 19.1 Å². The highest BCUT2D eigenvalue weighted by Gasteiger charge is 2.35. The predicted octanol–water partition coefficient (Wildman–Crippen LogP) is 3.49. The predicted molar refractivity (Wildman–Crippen MR) is 111 cm³/mol. The van der Waals surface area contributed by atoms with E-state index in [0.717, 1.165) is 15.2 Å². The van der Waals surface area contributed by atoms with Crippen LogP contribution in [0.15, 0.2) is 36.4 Å². The van der Waals surface area contributed by atoms with Crippen molar-refractivity contribution in [3.63, 3.8) is 0 Å². The van der Waals surface area contributed by atoms with Crippen LogP contribution in [-0.4, -0.2) is 47.9 Å². The molecule has 2 heterocycles. The number of methoxy groups -OCH3 is 1. The van der Waals surface area contributed by atoms with E-state index in [0.29, 0.717) is 29.8 Å². The van der Waals surface area contributed by atoms with Crippen LogP contribution >= 0.6 is 11.3 Å². The molecule has 1 N–H and O–H groups in total. The number of ether oxygens (including phenoxy) is 1. The van der Waals surface area contributed by atoms with Gasteiger partial charge in [-0.3, -0.25) is 19.3 Å². The number of fused-ring (bicyclic) bond motifs is 2. The second kappa shape index (κ2) is 7.73. The average molecular weight is 409 g/mol. The van der Waals surface area contributed by atoms with E-state index in [4.69, 9.17) is 4.74 Å². The quantitative estimate of drug-likeness (QED) is 0.497. The van der Waals surface area contributed by atoms with Crippen LogP contribution in [0.5, 0.6) is 0 Å². The summed E-state index contributed by atoms with van der Waals surface area (Å²) in [4.78, 5) is 43.4. The summed E-state index contributed by atoms with van der Waals surface area (Å²) < 4.78 is 5.97. The Balaban J connectivity index is 1.53. The van der Waals surface area contributed by atoms with E-state index in [-0.39, 0.29) is 29.8 Å². The second-order valence-corrected chi connectivity index (χ2v) is 7.97. The SMILES string of the molecule is COCCCN1C(=O)c2ccc(C(=O)Nc3ccc4nc(C)sc4c3)cc2C1=O. The molecule has 0 radical (unpaired) electrons. The van der Waals surface area contributed by atoms with Gasteiger partial charge in [0.2, 0.25) is 0 Å². The summed E-state index contributed by atoms with van der Waals surface area (Å²) >= 11 is 1.56. The van der Waals surface area contributed by atoms with Crippen molar-refractivity contribution in [2.45, 2.75) is 13.3 Å². The minimum absolute atomic E-state index is 0.258. The van der Waals surface area contributed by atoms with Crippen LogP contribution in [0.1, 0.15) is 42.5 Å². The van der Waals surface area contributed by atoms with Crippen molar-refractivity contribution in [1.82, 2.24) is 9.88 Å². The van der Waals surface area contributed by atoms with Crippen molar-refractivity contribution in [3.8, 4) is 0 Å². The highest BCUT2D eigenvalue weighted by Crippen LogP contribution is 2.27. The highest BCUT2D eigenvalue weighted by molar-refractivity contribution is 7.18. The van der Waals surface area contributed by atoms with Crippen LogP contribution in [0.25, 0.3) is 10.2 Å². The van der Waals surface area contributed by atoms with E-state index in [2.05, 4.69) is 10.3 Å². The molecule has 0 saturated carbocycles. The number of rotatable bonds is 6. The third kappa shape index (κ3) is 3.64. The Morgan fingerprint density at radius 1 is 1.14 bits per heavy atom. The molecule has 1 aromatic heterocycles. The summed E-state index contributed by atoms with van der Waals surface area (Å²) in [5.74, 6) is -1.05. The van der Waals surface area contributed by atoms with Crippen molar-refractivity contribution in [2.24, 2.45) is 0 Å². The summed E-state index contributed by atoms with van der Waals surface area (Å²) in [6, 6.07) is 10.1. The minimum atomic E-state index is -0.377. The van der Waals surface area contributed by atoms with Gasteiger partial charge in [-0.05, 0) is 49.7 Å². The third-order valence-electron chi connectivity index (χ3n) is 4.72. The molecular weight excluding hydrogens is 390 g/mol. The molecule has 0 atom stereocenters. The van der Waals surface area contributed by atoms with Crippen molar-refractivity contribution in [1.29, 1.82) is 0 Å². The number of nitrogens with zero attached hydrogens (tertiary/aromatic N) is 2. The van der Waals surface area contributed by atoms with Gasteiger partial charge in [0, 0.05) is 31.5 Å². The molecule has 0 spiro atoms. The smallest absolute Gasteiger partial charge is 0.261 e. The minimum Gasteiger partial charge on any atom is -0.385 e. The van der Waals surface area contributed by atoms with Gasteiger partial charge >= 0.3 is 0 Å². The van der Waals surface area contributed by atoms with Crippen molar-refractivity contribution in [2.75, 3.05) is 25.6 Å². The van der Waals surface area contributed by atoms with Crippen LogP contribution in [0.4, 0.5) is 5.69 Å². The number of carbonyl (C=O) groups is 3. The van der Waals surface area contributed by atoms with Crippen LogP contribution in [0.3, 0.4) is 0 Å². The second-order valence-electron chi connectivity index (χ2n) is 6.74. The third-order valence-corrected chi connectivity index (χ3v) is 5.65. The van der Waals surface area contributed by atoms with Gasteiger partial charge in [0.1, 0.15) is 0 Å². The monoisotopic (exact) mass is 409 g/mol. The Labute approximate surface area is 171 Å². The summed E-state index contributed by atoms with van der Waals surface area (Å²) in [5, 5.41) is 3.80. The first-order chi connectivity index (χ1) is 14.0. The van der Waals surface area contributed by atoms with E-state index in [1.54, 1.807) is 30.6 Å². The van der Waals surface area contributed by atoms with Gasteiger partial charge in [-0.25, -0.2) is 4.98 Å². The number of amides is 3. The number of anilines is 1. The summed E-state index contributed by atoms with van der Waals surface area (Å²) in [5.41, 5.74) is 2.44. The Hall–Kier alpha value is -3.10. The van der Waals surface area contributed by atoms with E-state index >= 15 is 0 Å². The molecule has 4 rings (SSSR count). The van der Waals surface area contributed by atoms with E-state index in [1.165, 1.54) is 17.0 Å². The molecule has 1 aliphatic heterocycles. The van der Waals surface area contributed by atoms with Gasteiger partial charge in [0.05, 0.1) is 26.4 Å². The van der Waals surface area contributed by atoms with Gasteiger partial charge in [0.15, 0.2) is 0 Å². The number of hydrogen-bond donors (Lipinski definition) is 1. The van der Waals surface area contributed by atoms with Crippen LogP contribution in [-0.2, 0) is 4.74 Å². The lowest BCUT2D eigenvalue weighted by molar-refractivity contribution is 0.0638. The first-order valence-electron chi connectivity index (χ1n) is 9.15. The molecule has 29 heavy (non-hydrogen) atoms. The first-order valence-corrected chi connectivity index (χ1v) is 9.97. The fourth-order valence-electron chi connectivity index (χ4n) is 3.32. The number of hydrogen-bond acceptors (Lipinski definition) is 6. The Kier molecular flexibility index (Phi) is 5.12. The Bertz CT molecular complexity index is 1140. The van der Waals surface area contributed by atoms with Crippen LogP contribution < -0.4 is 5.32 Å². The summed E-state index contributed by atoms with van der Waals surface area (Å²) in [6.45, 7) is 2.69. The lowest BCUT2D eigenvalue weighted by Gasteiger charge is -2.12. The molecule has 148 valence electrons. The lowest BCUT2D eigenvalue weighted by Crippen LogP contribution is -2.31. The molecule has 2 aromatic carbocycles. The van der Waals surface area contributed by atoms with Gasteiger partial charge in [-0.15, -0.1) is 11.3 Å². The number of aryl methyl sites for hydroxylation is 1. The Morgan fingerprint density at radius 3 is 2.72 bits per heavy atom. The molecular formula is C21H19N3O4S. The molecule has 8 heteroatoms. The van der Waals surface area contributed by atoms with E-state index in [9.17, 15) is 14.4 Å². The number of carbonyl (C=O) groups excluding carboxylic acids is 3. The molecule has 0 saturated heterocycles.